The first kappa shape index (κ1) is 40.6. The molecule has 3 saturated heterocycles. The number of methoxy groups -OCH3 is 1. The van der Waals surface area contributed by atoms with Crippen molar-refractivity contribution >= 4 is 56.9 Å². The fourth-order valence-corrected chi connectivity index (χ4v) is 9.52. The van der Waals surface area contributed by atoms with Gasteiger partial charge in [-0.05, 0) is 42.9 Å². The second-order valence-electron chi connectivity index (χ2n) is 14.3. The predicted molar refractivity (Wildman–Crippen MR) is 206 cm³/mol. The van der Waals surface area contributed by atoms with Gasteiger partial charge in [0.05, 0.1) is 53.9 Å². The number of fused-ring (bicyclic) bond motifs is 1. The van der Waals surface area contributed by atoms with Gasteiger partial charge in [0, 0.05) is 24.9 Å². The van der Waals surface area contributed by atoms with Gasteiger partial charge in [-0.25, -0.2) is 0 Å². The molecule has 2 aromatic rings. The van der Waals surface area contributed by atoms with E-state index in [1.165, 1.54) is 16.9 Å². The Balaban J connectivity index is 1.58. The van der Waals surface area contributed by atoms with Crippen molar-refractivity contribution in [2.45, 2.75) is 80.8 Å². The number of esters is 1. The summed E-state index contributed by atoms with van der Waals surface area (Å²) in [6.07, 6.45) is 2.33. The molecular weight excluding hydrogens is 766 g/mol. The molecule has 2 aromatic carbocycles. The third-order valence-corrected chi connectivity index (χ3v) is 11.7. The Morgan fingerprint density at radius 2 is 1.89 bits per heavy atom. The number of aliphatic hydroxyl groups excluding tert-OH is 1. The van der Waals surface area contributed by atoms with Crippen LogP contribution in [0.3, 0.4) is 0 Å². The van der Waals surface area contributed by atoms with Crippen LogP contribution in [0.1, 0.15) is 50.3 Å². The summed E-state index contributed by atoms with van der Waals surface area (Å²) in [5.74, 6) is -4.39. The lowest BCUT2D eigenvalue weighted by Crippen LogP contribution is -2.60. The van der Waals surface area contributed by atoms with Crippen LogP contribution in [0.25, 0.3) is 0 Å². The molecule has 0 saturated carbocycles. The number of nitrogens with zero attached hydrogens (tertiary/aromatic N) is 2. The number of nitrogens with one attached hydrogen (secondary N) is 1. The summed E-state index contributed by atoms with van der Waals surface area (Å²) >= 11 is 10.4. The molecule has 3 aliphatic heterocycles. The van der Waals surface area contributed by atoms with Crippen LogP contribution in [0, 0.1) is 24.7 Å². The molecule has 3 heterocycles. The number of para-hydroxylation sites is 1. The number of allylic oxidation sites excluding steroid dienone is 1. The Morgan fingerprint density at radius 1 is 1.17 bits per heavy atom. The van der Waals surface area contributed by atoms with Crippen molar-refractivity contribution in [2.75, 3.05) is 31.8 Å². The topological polar surface area (TPSA) is 135 Å². The minimum atomic E-state index is -1.44. The van der Waals surface area contributed by atoms with Gasteiger partial charge in [0.25, 0.3) is 5.91 Å². The van der Waals surface area contributed by atoms with Gasteiger partial charge >= 0.3 is 5.97 Å². The number of carbonyl (C=O) groups is 4. The number of hydrogen-bond donors (Lipinski definition) is 2. The molecule has 2 N–H and O–H groups in total. The zero-order valence-electron chi connectivity index (χ0n) is 30.6. The molecule has 53 heavy (non-hydrogen) atoms. The predicted octanol–water partition coefficient (Wildman–Crippen LogP) is 5.31. The van der Waals surface area contributed by atoms with E-state index in [4.69, 9.17) is 25.8 Å². The largest absolute Gasteiger partial charge is 0.455 e. The summed E-state index contributed by atoms with van der Waals surface area (Å²) in [5, 5.41) is 14.0. The maximum Gasteiger partial charge on any atom is 0.313 e. The van der Waals surface area contributed by atoms with Gasteiger partial charge in [-0.3, -0.25) is 19.2 Å². The Kier molecular flexibility index (Phi) is 13.2. The van der Waals surface area contributed by atoms with E-state index >= 15 is 4.79 Å². The molecule has 2 bridgehead atoms. The molecule has 3 fully saturated rings. The maximum atomic E-state index is 15.1. The highest BCUT2D eigenvalue weighted by atomic mass is 79.9. The van der Waals surface area contributed by atoms with E-state index in [1.807, 2.05) is 32.9 Å². The standard InChI is InChI=1S/C40H49BrClN3O8/c1-7-9-18-30(47)43-28(22-51-6)34(25-15-11-10-12-16-25)52-39(50)31-32-37(48)45(29(21-46)23(3)4)36(40(32)20-26(41)35(31)53-40)38(49)44(19-8-2)33-24(5)14-13-17-27(33)42/h7-8,10-17,23,26,28-29,31-32,34-36,46H,1-2,9,18-22H2,3-6H3,(H,43,47)/t26?,28-,29+,31-,32+,34-,35-,36-,40+/m1/s1. The van der Waals surface area contributed by atoms with Crippen LogP contribution in [0.5, 0.6) is 0 Å². The molecule has 11 nitrogen and oxygen atoms in total. The number of carbonyl (C=O) groups excluding carboxylic acids is 4. The normalized spacial score (nSPS) is 26.2. The fraction of sp³-hybridized carbons (Fsp3) is 0.500. The number of hydrogen-bond acceptors (Lipinski definition) is 8. The fourth-order valence-electron chi connectivity index (χ4n) is 8.25. The molecule has 0 aromatic heterocycles. The number of halogens is 2. The molecule has 0 radical (unpaired) electrons. The molecule has 286 valence electrons. The number of rotatable bonds is 17. The number of amides is 3. The number of benzene rings is 2. The first-order valence-electron chi connectivity index (χ1n) is 17.9. The van der Waals surface area contributed by atoms with Gasteiger partial charge < -0.3 is 34.4 Å². The smallest absolute Gasteiger partial charge is 0.313 e. The molecule has 3 amide bonds. The summed E-state index contributed by atoms with van der Waals surface area (Å²) in [4.78, 5) is 60.2. The highest BCUT2D eigenvalue weighted by Crippen LogP contribution is 2.61. The van der Waals surface area contributed by atoms with Crippen molar-refractivity contribution in [3.05, 3.63) is 90.0 Å². The van der Waals surface area contributed by atoms with Crippen LogP contribution < -0.4 is 10.2 Å². The average molecular weight is 815 g/mol. The zero-order valence-corrected chi connectivity index (χ0v) is 32.9. The van der Waals surface area contributed by atoms with E-state index in [1.54, 1.807) is 48.6 Å². The second-order valence-corrected chi connectivity index (χ2v) is 15.9. The van der Waals surface area contributed by atoms with Crippen LogP contribution in [-0.2, 0) is 33.4 Å². The van der Waals surface area contributed by atoms with Gasteiger partial charge in [0.2, 0.25) is 11.8 Å². The summed E-state index contributed by atoms with van der Waals surface area (Å²) in [5.41, 5.74) is 0.385. The summed E-state index contributed by atoms with van der Waals surface area (Å²) in [6, 6.07) is 11.6. The molecular formula is C40H49BrClN3O8. The number of aryl methyl sites for hydroxylation is 1. The Hall–Kier alpha value is -3.55. The average Bonchev–Trinajstić information content (AvgIpc) is 3.72. The van der Waals surface area contributed by atoms with E-state index in [2.05, 4.69) is 34.4 Å². The highest BCUT2D eigenvalue weighted by Gasteiger charge is 2.78. The second kappa shape index (κ2) is 17.3. The van der Waals surface area contributed by atoms with Crippen LogP contribution in [0.15, 0.2) is 73.8 Å². The van der Waals surface area contributed by atoms with Gasteiger partial charge in [0.1, 0.15) is 17.7 Å². The molecule has 5 rings (SSSR count). The monoisotopic (exact) mass is 813 g/mol. The van der Waals surface area contributed by atoms with Crippen molar-refractivity contribution < 1.29 is 38.5 Å². The Bertz CT molecular complexity index is 1670. The lowest BCUT2D eigenvalue weighted by Gasteiger charge is -2.40. The molecule has 13 heteroatoms. The highest BCUT2D eigenvalue weighted by molar-refractivity contribution is 9.09. The van der Waals surface area contributed by atoms with Crippen LogP contribution >= 0.6 is 27.5 Å². The van der Waals surface area contributed by atoms with Crippen LogP contribution in [-0.4, -0.2) is 95.2 Å². The van der Waals surface area contributed by atoms with Crippen LogP contribution in [0.4, 0.5) is 5.69 Å². The van der Waals surface area contributed by atoms with Crippen molar-refractivity contribution in [1.29, 1.82) is 0 Å². The van der Waals surface area contributed by atoms with Gasteiger partial charge in [-0.1, -0.05) is 96.0 Å². The Labute approximate surface area is 324 Å². The van der Waals surface area contributed by atoms with Gasteiger partial charge in [-0.2, -0.15) is 0 Å². The first-order chi connectivity index (χ1) is 25.4. The Morgan fingerprint density at radius 3 is 2.49 bits per heavy atom. The molecule has 3 aliphatic rings. The van der Waals surface area contributed by atoms with E-state index in [9.17, 15) is 19.5 Å². The third kappa shape index (κ3) is 7.71. The lowest BCUT2D eigenvalue weighted by atomic mass is 9.70. The van der Waals surface area contributed by atoms with Crippen molar-refractivity contribution in [3.8, 4) is 0 Å². The SMILES string of the molecule is C=CCCC(=O)N[C@H](COC)[C@H](OC(=O)[C@H]1[C@@H]2O[C@@]3(CC2Br)[C@@H]1C(=O)N([C@@H](CO)C(C)C)[C@@H]3C(=O)N(CC=C)c1c(C)cccc1Cl)c1ccccc1. The number of aliphatic hydroxyl groups is 1. The maximum absolute atomic E-state index is 15.1. The van der Waals surface area contributed by atoms with E-state index < -0.39 is 77.0 Å². The van der Waals surface area contributed by atoms with E-state index in [-0.39, 0.29) is 37.8 Å². The number of anilines is 1. The minimum absolute atomic E-state index is 0.0299. The summed E-state index contributed by atoms with van der Waals surface area (Å²) in [7, 11) is 1.49. The zero-order chi connectivity index (χ0) is 38.6. The third-order valence-electron chi connectivity index (χ3n) is 10.6. The van der Waals surface area contributed by atoms with Crippen molar-refractivity contribution in [2.24, 2.45) is 17.8 Å². The number of ether oxygens (including phenoxy) is 3. The van der Waals surface area contributed by atoms with Gasteiger partial charge in [0.15, 0.2) is 0 Å². The summed E-state index contributed by atoms with van der Waals surface area (Å²) in [6.45, 7) is 12.8. The number of likely N-dealkylation sites (tertiary alicyclic amines) is 1. The molecule has 1 unspecified atom stereocenters. The van der Waals surface area contributed by atoms with Crippen molar-refractivity contribution in [3.63, 3.8) is 0 Å². The lowest BCUT2D eigenvalue weighted by molar-refractivity contribution is -0.163. The minimum Gasteiger partial charge on any atom is -0.455 e. The molecule has 1 spiro atoms. The quantitative estimate of drug-likeness (QED) is 0.125. The summed E-state index contributed by atoms with van der Waals surface area (Å²) < 4.78 is 18.6. The van der Waals surface area contributed by atoms with Crippen LogP contribution in [0.2, 0.25) is 5.02 Å². The molecule has 0 aliphatic carbocycles. The molecule has 9 atom stereocenters. The van der Waals surface area contributed by atoms with Gasteiger partial charge in [-0.15, -0.1) is 13.2 Å². The van der Waals surface area contributed by atoms with E-state index in [0.29, 0.717) is 22.7 Å². The number of alkyl halides is 1. The van der Waals surface area contributed by atoms with Crippen molar-refractivity contribution in [1.82, 2.24) is 10.2 Å². The first-order valence-corrected chi connectivity index (χ1v) is 19.2. The van der Waals surface area contributed by atoms with E-state index in [0.717, 1.165) is 5.56 Å².